The molecule has 9 heteroatoms. The van der Waals surface area contributed by atoms with Crippen molar-refractivity contribution in [3.63, 3.8) is 0 Å². The summed E-state index contributed by atoms with van der Waals surface area (Å²) in [7, 11) is -3.09. The Labute approximate surface area is 179 Å². The highest BCUT2D eigenvalue weighted by Gasteiger charge is 2.32. The van der Waals surface area contributed by atoms with Crippen molar-refractivity contribution in [1.82, 2.24) is 5.32 Å². The molecule has 0 spiro atoms. The molecule has 2 aliphatic rings. The monoisotopic (exact) mass is 448 g/mol. The molecule has 0 aromatic carbocycles. The minimum Gasteiger partial charge on any atom is -0.465 e. The van der Waals surface area contributed by atoms with Crippen molar-refractivity contribution in [2.24, 2.45) is 5.92 Å². The van der Waals surface area contributed by atoms with Crippen LogP contribution in [0.15, 0.2) is 28.9 Å². The number of sulfone groups is 1. The third-order valence-corrected chi connectivity index (χ3v) is 8.42. The second-order valence-corrected chi connectivity index (χ2v) is 11.3. The van der Waals surface area contributed by atoms with Gasteiger partial charge in [0.05, 0.1) is 23.3 Å². The van der Waals surface area contributed by atoms with Crippen molar-refractivity contribution in [1.29, 1.82) is 0 Å². The third-order valence-electron chi connectivity index (χ3n) is 5.49. The van der Waals surface area contributed by atoms with Gasteiger partial charge >= 0.3 is 0 Å². The van der Waals surface area contributed by atoms with E-state index in [1.54, 1.807) is 18.2 Å². The van der Waals surface area contributed by atoms with Crippen LogP contribution in [0, 0.1) is 5.92 Å². The van der Waals surface area contributed by atoms with Gasteiger partial charge in [0, 0.05) is 17.0 Å². The summed E-state index contributed by atoms with van der Waals surface area (Å²) in [5.41, 5.74) is 1.45. The highest BCUT2D eigenvalue weighted by atomic mass is 32.2. The van der Waals surface area contributed by atoms with Crippen LogP contribution in [0.2, 0.25) is 0 Å². The minimum absolute atomic E-state index is 0.0321. The quantitative estimate of drug-likeness (QED) is 0.684. The van der Waals surface area contributed by atoms with Crippen LogP contribution in [-0.2, 0) is 27.5 Å². The fourth-order valence-electron chi connectivity index (χ4n) is 3.94. The maximum absolute atomic E-state index is 13.1. The summed E-state index contributed by atoms with van der Waals surface area (Å²) in [6, 6.07) is 3.09. The fraction of sp³-hybridized carbons (Fsp3) is 0.429. The molecule has 3 heterocycles. The number of nitrogens with one attached hydrogen (secondary N) is 2. The van der Waals surface area contributed by atoms with Crippen molar-refractivity contribution >= 4 is 44.1 Å². The molecule has 2 amide bonds. The van der Waals surface area contributed by atoms with Crippen molar-refractivity contribution in [2.75, 3.05) is 16.8 Å². The molecule has 1 aliphatic carbocycles. The third kappa shape index (κ3) is 4.67. The van der Waals surface area contributed by atoms with Crippen LogP contribution in [0.1, 0.15) is 46.3 Å². The first-order valence-electron chi connectivity index (χ1n) is 9.99. The molecule has 0 radical (unpaired) electrons. The van der Waals surface area contributed by atoms with Crippen molar-refractivity contribution in [2.45, 2.75) is 38.6 Å². The summed E-state index contributed by atoms with van der Waals surface area (Å²) < 4.78 is 28.7. The van der Waals surface area contributed by atoms with Crippen LogP contribution in [0.3, 0.4) is 0 Å². The lowest BCUT2D eigenvalue weighted by Crippen LogP contribution is -2.36. The van der Waals surface area contributed by atoms with E-state index in [1.165, 1.54) is 23.7 Å². The number of amides is 2. The van der Waals surface area contributed by atoms with Crippen molar-refractivity contribution < 1.29 is 22.4 Å². The molecular formula is C21H24N2O5S2. The lowest BCUT2D eigenvalue weighted by Gasteiger charge is -2.19. The Bertz CT molecular complexity index is 1080. The second-order valence-electron chi connectivity index (χ2n) is 7.97. The van der Waals surface area contributed by atoms with E-state index in [4.69, 9.17) is 4.42 Å². The Balaban J connectivity index is 1.56. The van der Waals surface area contributed by atoms with Gasteiger partial charge in [-0.2, -0.15) is 0 Å². The minimum atomic E-state index is -3.09. The molecule has 30 heavy (non-hydrogen) atoms. The smallest absolute Gasteiger partial charge is 0.254 e. The molecule has 160 valence electrons. The molecule has 0 saturated carbocycles. The lowest BCUT2D eigenvalue weighted by molar-refractivity contribution is -0.111. The number of thiophene rings is 1. The van der Waals surface area contributed by atoms with Gasteiger partial charge in [-0.25, -0.2) is 8.42 Å². The zero-order chi connectivity index (χ0) is 21.3. The van der Waals surface area contributed by atoms with Crippen LogP contribution in [0.5, 0.6) is 0 Å². The average Bonchev–Trinajstić information content (AvgIpc) is 3.38. The highest BCUT2D eigenvalue weighted by Crippen LogP contribution is 2.39. The number of hydrogen-bond acceptors (Lipinski definition) is 6. The van der Waals surface area contributed by atoms with E-state index >= 15 is 0 Å². The molecule has 1 saturated heterocycles. The zero-order valence-corrected chi connectivity index (χ0v) is 18.3. The Morgan fingerprint density at radius 2 is 2.13 bits per heavy atom. The molecule has 2 aromatic rings. The first-order chi connectivity index (χ1) is 14.3. The summed E-state index contributed by atoms with van der Waals surface area (Å²) in [6.45, 7) is 2.18. The topological polar surface area (TPSA) is 105 Å². The maximum atomic E-state index is 13.1. The first-order valence-corrected chi connectivity index (χ1v) is 12.6. The first kappa shape index (κ1) is 20.9. The van der Waals surface area contributed by atoms with E-state index in [2.05, 4.69) is 17.6 Å². The number of furan rings is 1. The molecular weight excluding hydrogens is 424 g/mol. The summed E-state index contributed by atoms with van der Waals surface area (Å²) in [5, 5.41) is 6.22. The predicted molar refractivity (Wildman–Crippen MR) is 116 cm³/mol. The predicted octanol–water partition coefficient (Wildman–Crippen LogP) is 3.03. The summed E-state index contributed by atoms with van der Waals surface area (Å²) in [5.74, 6) is 0.484. The molecule has 7 nitrogen and oxygen atoms in total. The number of anilines is 1. The molecule has 2 aromatic heterocycles. The van der Waals surface area contributed by atoms with Gasteiger partial charge in [0.1, 0.15) is 10.8 Å². The van der Waals surface area contributed by atoms with Gasteiger partial charge in [0.2, 0.25) is 5.91 Å². The maximum Gasteiger partial charge on any atom is 0.254 e. The Morgan fingerprint density at radius 1 is 1.30 bits per heavy atom. The van der Waals surface area contributed by atoms with Crippen LogP contribution >= 0.6 is 11.3 Å². The lowest BCUT2D eigenvalue weighted by atomic mass is 9.88. The molecule has 2 N–H and O–H groups in total. The highest BCUT2D eigenvalue weighted by molar-refractivity contribution is 7.91. The second kappa shape index (κ2) is 8.39. The van der Waals surface area contributed by atoms with Crippen LogP contribution in [-0.4, -0.2) is 37.8 Å². The molecule has 0 unspecified atom stereocenters. The molecule has 0 bridgehead atoms. The van der Waals surface area contributed by atoms with E-state index in [-0.39, 0.29) is 29.4 Å². The largest absolute Gasteiger partial charge is 0.465 e. The average molecular weight is 449 g/mol. The number of hydrogen-bond donors (Lipinski definition) is 2. The van der Waals surface area contributed by atoms with Gasteiger partial charge in [0.25, 0.3) is 5.91 Å². The number of rotatable bonds is 5. The van der Waals surface area contributed by atoms with Crippen LogP contribution in [0.4, 0.5) is 5.00 Å². The Hall–Kier alpha value is -2.39. The number of carbonyl (C=O) groups excluding carboxylic acids is 2. The number of fused-ring (bicyclic) bond motifs is 1. The van der Waals surface area contributed by atoms with Gasteiger partial charge in [-0.3, -0.25) is 9.59 Å². The molecule has 4 rings (SSSR count). The summed E-state index contributed by atoms with van der Waals surface area (Å²) in [6.07, 6.45) is 7.50. The molecule has 1 fully saturated rings. The summed E-state index contributed by atoms with van der Waals surface area (Å²) in [4.78, 5) is 26.6. The fourth-order valence-corrected chi connectivity index (χ4v) is 7.03. The van der Waals surface area contributed by atoms with Gasteiger partial charge in [-0.05, 0) is 55.4 Å². The van der Waals surface area contributed by atoms with Crippen LogP contribution < -0.4 is 10.6 Å². The summed E-state index contributed by atoms with van der Waals surface area (Å²) >= 11 is 1.44. The van der Waals surface area contributed by atoms with Gasteiger partial charge < -0.3 is 15.1 Å². The normalized spacial score (nSPS) is 22.7. The van der Waals surface area contributed by atoms with Crippen molar-refractivity contribution in [3.05, 3.63) is 46.2 Å². The van der Waals surface area contributed by atoms with Gasteiger partial charge in [-0.1, -0.05) is 6.92 Å². The van der Waals surface area contributed by atoms with Crippen LogP contribution in [0.25, 0.3) is 6.08 Å². The Kier molecular flexibility index (Phi) is 5.84. The van der Waals surface area contributed by atoms with E-state index in [0.29, 0.717) is 28.7 Å². The Morgan fingerprint density at radius 3 is 2.83 bits per heavy atom. The molecule has 2 atom stereocenters. The zero-order valence-electron chi connectivity index (χ0n) is 16.6. The van der Waals surface area contributed by atoms with E-state index in [0.717, 1.165) is 29.7 Å². The van der Waals surface area contributed by atoms with Gasteiger partial charge in [0.15, 0.2) is 9.84 Å². The number of carbonyl (C=O) groups is 2. The van der Waals surface area contributed by atoms with E-state index in [9.17, 15) is 18.0 Å². The van der Waals surface area contributed by atoms with E-state index in [1.807, 2.05) is 0 Å². The SMILES string of the molecule is C[C@H]1CCc2c(sc(NC(=O)/C=C/c3ccco3)c2C(=O)N[C@H]2CCS(=O)(=O)C2)C1. The van der Waals surface area contributed by atoms with Gasteiger partial charge in [-0.15, -0.1) is 11.3 Å². The standard InChI is InChI=1S/C21H24N2O5S2/c1-13-4-6-16-17(11-13)29-21(23-18(24)7-5-15-3-2-9-28-15)19(16)20(25)22-14-8-10-30(26,27)12-14/h2-3,5,7,9,13-14H,4,6,8,10-12H2,1H3,(H,22,25)(H,23,24)/b7-5+/t13-,14-/m0/s1. The van der Waals surface area contributed by atoms with E-state index < -0.39 is 9.84 Å². The van der Waals surface area contributed by atoms with Crippen molar-refractivity contribution in [3.8, 4) is 0 Å². The molecule has 1 aliphatic heterocycles.